The summed E-state index contributed by atoms with van der Waals surface area (Å²) < 4.78 is 10.3. The smallest absolute Gasteiger partial charge is 0.330 e. The molecular weight excluding hydrogens is 370 g/mol. The minimum Gasteiger partial charge on any atom is -0.497 e. The Labute approximate surface area is 163 Å². The minimum absolute atomic E-state index is 0.103. The van der Waals surface area contributed by atoms with Crippen LogP contribution in [0.25, 0.3) is 0 Å². The molecule has 0 saturated heterocycles. The summed E-state index contributed by atoms with van der Waals surface area (Å²) >= 11 is 6.07. The summed E-state index contributed by atoms with van der Waals surface area (Å²) in [5.74, 6) is -0.504. The molecule has 27 heavy (non-hydrogen) atoms. The lowest BCUT2D eigenvalue weighted by Gasteiger charge is -2.18. The van der Waals surface area contributed by atoms with Crippen LogP contribution in [-0.4, -0.2) is 31.2 Å². The standard InChI is InChI=1S/C20H22ClNO5/c1-12(13-5-4-6-15(10-13)26-2)9-18(23)22-19(20(24)25)14-7-8-17(27-3)16(21)11-14/h4-8,10-12,19H,9H2,1-3H3,(H,22,23)(H,24,25). The van der Waals surface area contributed by atoms with E-state index in [1.165, 1.54) is 13.2 Å². The second-order valence-electron chi connectivity index (χ2n) is 6.11. The predicted molar refractivity (Wildman–Crippen MR) is 103 cm³/mol. The van der Waals surface area contributed by atoms with Crippen LogP contribution in [0.15, 0.2) is 42.5 Å². The van der Waals surface area contributed by atoms with Gasteiger partial charge in [0.15, 0.2) is 6.04 Å². The van der Waals surface area contributed by atoms with Gasteiger partial charge in [-0.25, -0.2) is 4.79 Å². The van der Waals surface area contributed by atoms with Gasteiger partial charge in [-0.2, -0.15) is 0 Å². The van der Waals surface area contributed by atoms with E-state index in [0.29, 0.717) is 17.1 Å². The predicted octanol–water partition coefficient (Wildman–Crippen LogP) is 3.79. The van der Waals surface area contributed by atoms with Gasteiger partial charge in [-0.05, 0) is 41.3 Å². The summed E-state index contributed by atoms with van der Waals surface area (Å²) in [7, 11) is 3.05. The zero-order valence-electron chi connectivity index (χ0n) is 15.4. The normalized spacial score (nSPS) is 12.7. The molecule has 1 amide bonds. The molecular formula is C20H22ClNO5. The molecule has 0 fully saturated rings. The number of rotatable bonds is 8. The van der Waals surface area contributed by atoms with Crippen LogP contribution in [-0.2, 0) is 9.59 Å². The van der Waals surface area contributed by atoms with Crippen LogP contribution in [0.2, 0.25) is 5.02 Å². The van der Waals surface area contributed by atoms with Gasteiger partial charge in [0.1, 0.15) is 11.5 Å². The number of carbonyl (C=O) groups excluding carboxylic acids is 1. The van der Waals surface area contributed by atoms with Crippen LogP contribution in [0.4, 0.5) is 0 Å². The molecule has 0 bridgehead atoms. The number of methoxy groups -OCH3 is 2. The first-order chi connectivity index (χ1) is 12.8. The Hall–Kier alpha value is -2.73. The molecule has 2 N–H and O–H groups in total. The molecule has 6 nitrogen and oxygen atoms in total. The van der Waals surface area contributed by atoms with E-state index in [2.05, 4.69) is 5.32 Å². The summed E-state index contributed by atoms with van der Waals surface area (Å²) in [6.07, 6.45) is 0.140. The van der Waals surface area contributed by atoms with E-state index in [-0.39, 0.29) is 23.3 Å². The fraction of sp³-hybridized carbons (Fsp3) is 0.300. The van der Waals surface area contributed by atoms with Gasteiger partial charge in [0.05, 0.1) is 19.2 Å². The van der Waals surface area contributed by atoms with Gasteiger partial charge >= 0.3 is 5.97 Å². The van der Waals surface area contributed by atoms with Crippen LogP contribution in [0.1, 0.15) is 36.4 Å². The molecule has 0 spiro atoms. The van der Waals surface area contributed by atoms with Crippen molar-refractivity contribution in [2.45, 2.75) is 25.3 Å². The first kappa shape index (κ1) is 20.6. The molecule has 0 saturated carbocycles. The Morgan fingerprint density at radius 2 is 1.85 bits per heavy atom. The van der Waals surface area contributed by atoms with Gasteiger partial charge in [0.2, 0.25) is 5.91 Å². The number of hydrogen-bond acceptors (Lipinski definition) is 4. The van der Waals surface area contributed by atoms with Crippen molar-refractivity contribution in [3.8, 4) is 11.5 Å². The van der Waals surface area contributed by atoms with Crippen LogP contribution < -0.4 is 14.8 Å². The van der Waals surface area contributed by atoms with Crippen molar-refractivity contribution in [3.63, 3.8) is 0 Å². The van der Waals surface area contributed by atoms with Crippen molar-refractivity contribution in [2.75, 3.05) is 14.2 Å². The molecule has 2 aromatic rings. The summed E-state index contributed by atoms with van der Waals surface area (Å²) in [6.45, 7) is 1.90. The van der Waals surface area contributed by atoms with Crippen molar-refractivity contribution < 1.29 is 24.2 Å². The Balaban J connectivity index is 2.10. The first-order valence-corrected chi connectivity index (χ1v) is 8.73. The second kappa shape index (κ2) is 9.28. The van der Waals surface area contributed by atoms with Gasteiger partial charge in [-0.3, -0.25) is 4.79 Å². The fourth-order valence-corrected chi connectivity index (χ4v) is 2.98. The maximum Gasteiger partial charge on any atom is 0.330 e. The molecule has 2 rings (SSSR count). The number of carboxylic acids is 1. The lowest BCUT2D eigenvalue weighted by Crippen LogP contribution is -2.34. The molecule has 0 aliphatic rings. The number of nitrogens with one attached hydrogen (secondary N) is 1. The highest BCUT2D eigenvalue weighted by Gasteiger charge is 2.24. The van der Waals surface area contributed by atoms with Gasteiger partial charge in [-0.15, -0.1) is 0 Å². The summed E-state index contributed by atoms with van der Waals surface area (Å²) in [5.41, 5.74) is 1.31. The molecule has 0 heterocycles. The summed E-state index contributed by atoms with van der Waals surface area (Å²) in [6, 6.07) is 10.8. The van der Waals surface area contributed by atoms with Gasteiger partial charge in [0, 0.05) is 6.42 Å². The monoisotopic (exact) mass is 391 g/mol. The molecule has 0 radical (unpaired) electrons. The lowest BCUT2D eigenvalue weighted by molar-refractivity contribution is -0.142. The Kier molecular flexibility index (Phi) is 7.07. The van der Waals surface area contributed by atoms with Crippen LogP contribution in [0, 0.1) is 0 Å². The summed E-state index contributed by atoms with van der Waals surface area (Å²) in [4.78, 5) is 24.0. The number of halogens is 1. The number of benzene rings is 2. The van der Waals surface area contributed by atoms with Crippen LogP contribution in [0.5, 0.6) is 11.5 Å². The SMILES string of the molecule is COc1cccc(C(C)CC(=O)NC(C(=O)O)c2ccc(OC)c(Cl)c2)c1. The maximum atomic E-state index is 12.4. The fourth-order valence-electron chi connectivity index (χ4n) is 2.71. The number of hydrogen-bond donors (Lipinski definition) is 2. The third-order valence-electron chi connectivity index (χ3n) is 4.22. The van der Waals surface area contributed by atoms with E-state index in [1.807, 2.05) is 31.2 Å². The van der Waals surface area contributed by atoms with E-state index >= 15 is 0 Å². The Bertz CT molecular complexity index is 824. The first-order valence-electron chi connectivity index (χ1n) is 8.35. The van der Waals surface area contributed by atoms with Gasteiger partial charge < -0.3 is 19.9 Å². The van der Waals surface area contributed by atoms with Crippen molar-refractivity contribution in [2.24, 2.45) is 0 Å². The van der Waals surface area contributed by atoms with E-state index in [9.17, 15) is 14.7 Å². The number of amides is 1. The highest BCUT2D eigenvalue weighted by Crippen LogP contribution is 2.28. The average molecular weight is 392 g/mol. The zero-order chi connectivity index (χ0) is 20.0. The largest absolute Gasteiger partial charge is 0.497 e. The third kappa shape index (κ3) is 5.37. The number of ether oxygens (including phenoxy) is 2. The molecule has 2 atom stereocenters. The molecule has 7 heteroatoms. The Morgan fingerprint density at radius 3 is 2.44 bits per heavy atom. The Morgan fingerprint density at radius 1 is 1.11 bits per heavy atom. The quantitative estimate of drug-likeness (QED) is 0.715. The molecule has 144 valence electrons. The van der Waals surface area contributed by atoms with Gasteiger partial charge in [0.25, 0.3) is 0 Å². The van der Waals surface area contributed by atoms with Gasteiger partial charge in [-0.1, -0.05) is 36.7 Å². The van der Waals surface area contributed by atoms with Crippen molar-refractivity contribution >= 4 is 23.5 Å². The number of carbonyl (C=O) groups is 2. The van der Waals surface area contributed by atoms with Crippen LogP contribution in [0.3, 0.4) is 0 Å². The highest BCUT2D eigenvalue weighted by atomic mass is 35.5. The third-order valence-corrected chi connectivity index (χ3v) is 4.51. The van der Waals surface area contributed by atoms with E-state index in [0.717, 1.165) is 5.56 Å². The minimum atomic E-state index is -1.20. The molecule has 0 aromatic heterocycles. The molecule has 2 unspecified atom stereocenters. The van der Waals surface area contributed by atoms with Crippen LogP contribution >= 0.6 is 11.6 Å². The van der Waals surface area contributed by atoms with E-state index in [4.69, 9.17) is 21.1 Å². The zero-order valence-corrected chi connectivity index (χ0v) is 16.1. The van der Waals surface area contributed by atoms with E-state index < -0.39 is 12.0 Å². The molecule has 0 aliphatic heterocycles. The van der Waals surface area contributed by atoms with Crippen molar-refractivity contribution in [1.29, 1.82) is 0 Å². The summed E-state index contributed by atoms with van der Waals surface area (Å²) in [5, 5.41) is 12.3. The number of carboxylic acid groups (broad SMARTS) is 1. The lowest BCUT2D eigenvalue weighted by atomic mass is 9.96. The molecule has 0 aliphatic carbocycles. The van der Waals surface area contributed by atoms with E-state index in [1.54, 1.807) is 19.2 Å². The van der Waals surface area contributed by atoms with Crippen molar-refractivity contribution in [3.05, 3.63) is 58.6 Å². The molecule has 2 aromatic carbocycles. The highest BCUT2D eigenvalue weighted by molar-refractivity contribution is 6.32. The maximum absolute atomic E-state index is 12.4. The second-order valence-corrected chi connectivity index (χ2v) is 6.52. The number of aliphatic carboxylic acids is 1. The topological polar surface area (TPSA) is 84.9 Å². The van der Waals surface area contributed by atoms with Crippen molar-refractivity contribution in [1.82, 2.24) is 5.32 Å². The average Bonchev–Trinajstić information content (AvgIpc) is 2.65.